The Labute approximate surface area is 71.9 Å². The standard InChI is InChI=1S/C7H10F6/c1-4(6(8,9)10)3-5(2)7(11,12)13/h4-5H,3H2,1-2H3. The number of rotatable bonds is 2. The molecule has 0 spiro atoms. The zero-order chi connectivity index (χ0) is 10.9. The average molecular weight is 208 g/mol. The van der Waals surface area contributed by atoms with Gasteiger partial charge in [-0.05, 0) is 6.42 Å². The van der Waals surface area contributed by atoms with Gasteiger partial charge in [0.25, 0.3) is 0 Å². The molecule has 0 aromatic carbocycles. The van der Waals surface area contributed by atoms with Crippen LogP contribution in [0.5, 0.6) is 0 Å². The molecule has 0 N–H and O–H groups in total. The molecular formula is C7H10F6. The van der Waals surface area contributed by atoms with Crippen LogP contribution in [-0.4, -0.2) is 12.4 Å². The fourth-order valence-electron chi connectivity index (χ4n) is 0.798. The summed E-state index contributed by atoms with van der Waals surface area (Å²) in [5.41, 5.74) is 0. The predicted molar refractivity (Wildman–Crippen MR) is 35.1 cm³/mol. The SMILES string of the molecule is CC(CC(C)C(F)(F)F)C(F)(F)F. The molecule has 2 atom stereocenters. The van der Waals surface area contributed by atoms with Crippen LogP contribution in [0.2, 0.25) is 0 Å². The number of halogens is 6. The lowest BCUT2D eigenvalue weighted by Crippen LogP contribution is -2.28. The van der Waals surface area contributed by atoms with Crippen molar-refractivity contribution in [2.24, 2.45) is 11.8 Å². The van der Waals surface area contributed by atoms with Crippen LogP contribution >= 0.6 is 0 Å². The molecule has 2 unspecified atom stereocenters. The zero-order valence-electron chi connectivity index (χ0n) is 7.13. The van der Waals surface area contributed by atoms with Gasteiger partial charge in [0.2, 0.25) is 0 Å². The highest BCUT2D eigenvalue weighted by atomic mass is 19.4. The number of hydrogen-bond acceptors (Lipinski definition) is 0. The third-order valence-electron chi connectivity index (χ3n) is 1.82. The van der Waals surface area contributed by atoms with E-state index >= 15 is 0 Å². The quantitative estimate of drug-likeness (QED) is 0.606. The van der Waals surface area contributed by atoms with Crippen molar-refractivity contribution < 1.29 is 26.3 Å². The number of alkyl halides is 6. The Hall–Kier alpha value is -0.420. The molecule has 0 amide bonds. The largest absolute Gasteiger partial charge is 0.391 e. The van der Waals surface area contributed by atoms with Crippen LogP contribution in [0.1, 0.15) is 20.3 Å². The molecule has 6 heteroatoms. The third kappa shape index (κ3) is 4.38. The fraction of sp³-hybridized carbons (Fsp3) is 1.00. The van der Waals surface area contributed by atoms with Gasteiger partial charge in [0.15, 0.2) is 0 Å². The topological polar surface area (TPSA) is 0 Å². The summed E-state index contributed by atoms with van der Waals surface area (Å²) in [5, 5.41) is 0. The molecule has 0 aromatic heterocycles. The first-order chi connectivity index (χ1) is 5.55. The Bertz CT molecular complexity index is 137. The van der Waals surface area contributed by atoms with Gasteiger partial charge in [-0.1, -0.05) is 13.8 Å². The molecule has 0 aromatic rings. The maximum atomic E-state index is 11.8. The van der Waals surface area contributed by atoms with E-state index in [-0.39, 0.29) is 0 Å². The highest BCUT2D eigenvalue weighted by molar-refractivity contribution is 4.70. The second kappa shape index (κ2) is 3.75. The van der Waals surface area contributed by atoms with Crippen LogP contribution in [0, 0.1) is 11.8 Å². The molecule has 0 bridgehead atoms. The number of hydrogen-bond donors (Lipinski definition) is 0. The lowest BCUT2D eigenvalue weighted by Gasteiger charge is -2.21. The Morgan fingerprint density at radius 2 is 1.00 bits per heavy atom. The van der Waals surface area contributed by atoms with Gasteiger partial charge in [-0.25, -0.2) is 0 Å². The molecule has 80 valence electrons. The minimum absolute atomic E-state index is 0.752. The van der Waals surface area contributed by atoms with E-state index in [4.69, 9.17) is 0 Å². The van der Waals surface area contributed by atoms with Gasteiger partial charge < -0.3 is 0 Å². The summed E-state index contributed by atoms with van der Waals surface area (Å²) in [5.74, 6) is -3.83. The second-order valence-corrected chi connectivity index (χ2v) is 3.12. The molecule has 0 rings (SSSR count). The van der Waals surface area contributed by atoms with Crippen LogP contribution in [0.15, 0.2) is 0 Å². The van der Waals surface area contributed by atoms with E-state index in [0.29, 0.717) is 0 Å². The van der Waals surface area contributed by atoms with E-state index in [0.717, 1.165) is 13.8 Å². The first kappa shape index (κ1) is 12.6. The molecule has 0 aliphatic rings. The van der Waals surface area contributed by atoms with Crippen LogP contribution in [-0.2, 0) is 0 Å². The van der Waals surface area contributed by atoms with Gasteiger partial charge in [-0.2, -0.15) is 26.3 Å². The third-order valence-corrected chi connectivity index (χ3v) is 1.82. The maximum absolute atomic E-state index is 11.8. The van der Waals surface area contributed by atoms with Crippen molar-refractivity contribution in [2.45, 2.75) is 32.6 Å². The molecule has 0 fully saturated rings. The molecule has 0 saturated carbocycles. The summed E-state index contributed by atoms with van der Waals surface area (Å²) in [4.78, 5) is 0. The fourth-order valence-corrected chi connectivity index (χ4v) is 0.798. The van der Waals surface area contributed by atoms with Crippen LogP contribution in [0.25, 0.3) is 0 Å². The van der Waals surface area contributed by atoms with Gasteiger partial charge in [0, 0.05) is 0 Å². The minimum Gasteiger partial charge on any atom is -0.171 e. The van der Waals surface area contributed by atoms with E-state index in [9.17, 15) is 26.3 Å². The lowest BCUT2D eigenvalue weighted by atomic mass is 9.96. The van der Waals surface area contributed by atoms with Crippen molar-refractivity contribution in [2.75, 3.05) is 0 Å². The first-order valence-corrected chi connectivity index (χ1v) is 3.68. The van der Waals surface area contributed by atoms with Gasteiger partial charge in [0.05, 0.1) is 11.8 Å². The maximum Gasteiger partial charge on any atom is 0.391 e. The van der Waals surface area contributed by atoms with Crippen molar-refractivity contribution in [1.82, 2.24) is 0 Å². The molecular weight excluding hydrogens is 198 g/mol. The zero-order valence-corrected chi connectivity index (χ0v) is 7.13. The highest BCUT2D eigenvalue weighted by Gasteiger charge is 2.43. The van der Waals surface area contributed by atoms with Crippen molar-refractivity contribution in [3.8, 4) is 0 Å². The monoisotopic (exact) mass is 208 g/mol. The van der Waals surface area contributed by atoms with E-state index in [1.807, 2.05) is 0 Å². The summed E-state index contributed by atoms with van der Waals surface area (Å²) in [6, 6.07) is 0. The Kier molecular flexibility index (Phi) is 3.63. The van der Waals surface area contributed by atoms with Gasteiger partial charge in [-0.3, -0.25) is 0 Å². The lowest BCUT2D eigenvalue weighted by molar-refractivity contribution is -0.203. The summed E-state index contributed by atoms with van der Waals surface area (Å²) in [6.45, 7) is 1.50. The second-order valence-electron chi connectivity index (χ2n) is 3.12. The van der Waals surface area contributed by atoms with Gasteiger partial charge in [0.1, 0.15) is 0 Å². The minimum atomic E-state index is -4.54. The Morgan fingerprint density at radius 1 is 0.769 bits per heavy atom. The van der Waals surface area contributed by atoms with Crippen LogP contribution in [0.4, 0.5) is 26.3 Å². The molecule has 0 heterocycles. The molecule has 0 nitrogen and oxygen atoms in total. The van der Waals surface area contributed by atoms with E-state index < -0.39 is 30.6 Å². The smallest absolute Gasteiger partial charge is 0.171 e. The molecule has 0 radical (unpaired) electrons. The Balaban J connectivity index is 4.15. The van der Waals surface area contributed by atoms with Gasteiger partial charge in [-0.15, -0.1) is 0 Å². The van der Waals surface area contributed by atoms with E-state index in [1.54, 1.807) is 0 Å². The van der Waals surface area contributed by atoms with Crippen molar-refractivity contribution in [1.29, 1.82) is 0 Å². The highest BCUT2D eigenvalue weighted by Crippen LogP contribution is 2.36. The molecule has 0 saturated heterocycles. The van der Waals surface area contributed by atoms with E-state index in [2.05, 4.69) is 0 Å². The Morgan fingerprint density at radius 3 is 1.15 bits per heavy atom. The van der Waals surface area contributed by atoms with Gasteiger partial charge >= 0.3 is 12.4 Å². The van der Waals surface area contributed by atoms with Crippen LogP contribution < -0.4 is 0 Å². The summed E-state index contributed by atoms with van der Waals surface area (Å²) in [7, 11) is 0. The molecule has 0 aliphatic heterocycles. The van der Waals surface area contributed by atoms with Crippen LogP contribution in [0.3, 0.4) is 0 Å². The average Bonchev–Trinajstić information content (AvgIpc) is 1.82. The van der Waals surface area contributed by atoms with Crippen molar-refractivity contribution in [3.63, 3.8) is 0 Å². The summed E-state index contributed by atoms with van der Waals surface area (Å²) < 4.78 is 71.0. The first-order valence-electron chi connectivity index (χ1n) is 3.68. The summed E-state index contributed by atoms with van der Waals surface area (Å²) >= 11 is 0. The summed E-state index contributed by atoms with van der Waals surface area (Å²) in [6.07, 6.45) is -9.99. The molecule has 13 heavy (non-hydrogen) atoms. The predicted octanol–water partition coefficient (Wildman–Crippen LogP) is 3.77. The normalized spacial score (nSPS) is 18.5. The molecule has 0 aliphatic carbocycles. The van der Waals surface area contributed by atoms with Crippen molar-refractivity contribution in [3.05, 3.63) is 0 Å². The van der Waals surface area contributed by atoms with Crippen molar-refractivity contribution >= 4 is 0 Å². The van der Waals surface area contributed by atoms with E-state index in [1.165, 1.54) is 0 Å².